The Morgan fingerprint density at radius 1 is 1.45 bits per heavy atom. The van der Waals surface area contributed by atoms with Gasteiger partial charge in [-0.15, -0.1) is 0 Å². The summed E-state index contributed by atoms with van der Waals surface area (Å²) in [5.41, 5.74) is 2.62. The number of hydrogen-bond donors (Lipinski definition) is 0. The van der Waals surface area contributed by atoms with E-state index in [-0.39, 0.29) is 23.1 Å². The number of halogens is 1. The Kier molecular flexibility index (Phi) is 4.22. The maximum Gasteiger partial charge on any atom is 0.306 e. The minimum Gasteiger partial charge on any atom is -0.466 e. The molecule has 1 heterocycles. The van der Waals surface area contributed by atoms with Crippen molar-refractivity contribution in [2.45, 2.75) is 45.1 Å². The summed E-state index contributed by atoms with van der Waals surface area (Å²) in [6, 6.07) is 5.20. The first-order valence-corrected chi connectivity index (χ1v) is 8.19. The molecule has 0 N–H and O–H groups in total. The fraction of sp³-hybridized carbons (Fsp3) is 0.611. The van der Waals surface area contributed by atoms with E-state index in [0.717, 1.165) is 32.5 Å². The van der Waals surface area contributed by atoms with E-state index in [1.807, 2.05) is 13.0 Å². The van der Waals surface area contributed by atoms with Crippen LogP contribution >= 0.6 is 0 Å². The minimum absolute atomic E-state index is 0.115. The zero-order valence-corrected chi connectivity index (χ0v) is 13.4. The molecular weight excluding hydrogens is 281 g/mol. The lowest BCUT2D eigenvalue weighted by atomic mass is 9.86. The van der Waals surface area contributed by atoms with E-state index in [1.54, 1.807) is 12.1 Å². The molecule has 1 aromatic rings. The number of esters is 1. The van der Waals surface area contributed by atoms with Crippen LogP contribution in [0.25, 0.3) is 0 Å². The van der Waals surface area contributed by atoms with Crippen molar-refractivity contribution in [1.82, 2.24) is 4.90 Å². The Hall–Kier alpha value is -1.42. The smallest absolute Gasteiger partial charge is 0.306 e. The van der Waals surface area contributed by atoms with Crippen LogP contribution in [0.3, 0.4) is 0 Å². The molecule has 0 amide bonds. The number of rotatable bonds is 5. The van der Waals surface area contributed by atoms with Crippen LogP contribution in [0.15, 0.2) is 18.2 Å². The summed E-state index contributed by atoms with van der Waals surface area (Å²) in [5.74, 6) is 0.0293. The number of nitrogens with zero attached hydrogens (tertiary/aromatic N) is 1. The van der Waals surface area contributed by atoms with Crippen molar-refractivity contribution in [2.75, 3.05) is 19.7 Å². The fourth-order valence-corrected chi connectivity index (χ4v) is 3.71. The predicted octanol–water partition coefficient (Wildman–Crippen LogP) is 3.26. The van der Waals surface area contributed by atoms with Crippen molar-refractivity contribution in [3.63, 3.8) is 0 Å². The van der Waals surface area contributed by atoms with Crippen molar-refractivity contribution in [3.05, 3.63) is 35.1 Å². The van der Waals surface area contributed by atoms with Gasteiger partial charge in [0.25, 0.3) is 0 Å². The molecule has 2 aliphatic rings. The maximum absolute atomic E-state index is 13.5. The van der Waals surface area contributed by atoms with Crippen LogP contribution in [0.5, 0.6) is 0 Å². The van der Waals surface area contributed by atoms with Gasteiger partial charge in [0, 0.05) is 31.5 Å². The Bertz CT molecular complexity index is 568. The van der Waals surface area contributed by atoms with Gasteiger partial charge in [-0.25, -0.2) is 4.39 Å². The molecule has 1 aromatic carbocycles. The molecule has 22 heavy (non-hydrogen) atoms. The van der Waals surface area contributed by atoms with E-state index in [1.165, 1.54) is 11.1 Å². The molecular formula is C18H24FNO2. The van der Waals surface area contributed by atoms with Gasteiger partial charge in [-0.2, -0.15) is 0 Å². The van der Waals surface area contributed by atoms with Gasteiger partial charge in [0.15, 0.2) is 0 Å². The quantitative estimate of drug-likeness (QED) is 0.782. The number of hydrogen-bond acceptors (Lipinski definition) is 3. The number of benzene rings is 1. The summed E-state index contributed by atoms with van der Waals surface area (Å²) in [5, 5.41) is 0. The van der Waals surface area contributed by atoms with Crippen molar-refractivity contribution in [3.8, 4) is 0 Å². The van der Waals surface area contributed by atoms with Crippen molar-refractivity contribution >= 4 is 5.97 Å². The summed E-state index contributed by atoms with van der Waals surface area (Å²) in [6.45, 7) is 7.09. The molecule has 120 valence electrons. The van der Waals surface area contributed by atoms with E-state index < -0.39 is 0 Å². The van der Waals surface area contributed by atoms with Gasteiger partial charge in [0.05, 0.1) is 6.61 Å². The molecule has 1 aliphatic carbocycles. The molecule has 1 spiro atoms. The first-order valence-electron chi connectivity index (χ1n) is 8.19. The minimum atomic E-state index is -0.130. The summed E-state index contributed by atoms with van der Waals surface area (Å²) in [7, 11) is 0. The van der Waals surface area contributed by atoms with Crippen LogP contribution in [0.4, 0.5) is 4.39 Å². The largest absolute Gasteiger partial charge is 0.466 e. The second-order valence-corrected chi connectivity index (χ2v) is 6.87. The molecule has 1 aliphatic heterocycles. The van der Waals surface area contributed by atoms with Crippen LogP contribution in [0.2, 0.25) is 0 Å². The number of carbonyl (C=O) groups excluding carboxylic acids is 1. The second-order valence-electron chi connectivity index (χ2n) is 6.87. The average Bonchev–Trinajstić information content (AvgIpc) is 3.20. The van der Waals surface area contributed by atoms with Gasteiger partial charge >= 0.3 is 5.97 Å². The summed E-state index contributed by atoms with van der Waals surface area (Å²) < 4.78 is 18.5. The van der Waals surface area contributed by atoms with E-state index in [9.17, 15) is 9.18 Å². The van der Waals surface area contributed by atoms with Gasteiger partial charge < -0.3 is 4.74 Å². The van der Waals surface area contributed by atoms with Gasteiger partial charge in [-0.1, -0.05) is 13.0 Å². The zero-order chi connectivity index (χ0) is 15.7. The third-order valence-electron chi connectivity index (χ3n) is 4.81. The lowest BCUT2D eigenvalue weighted by Gasteiger charge is -2.36. The number of carbonyl (C=O) groups is 1. The molecule has 1 saturated carbocycles. The highest BCUT2D eigenvalue weighted by molar-refractivity contribution is 5.69. The highest BCUT2D eigenvalue weighted by atomic mass is 19.1. The summed E-state index contributed by atoms with van der Waals surface area (Å²) >= 11 is 0. The highest BCUT2D eigenvalue weighted by Crippen LogP contribution is 2.52. The average molecular weight is 305 g/mol. The Morgan fingerprint density at radius 2 is 2.23 bits per heavy atom. The predicted molar refractivity (Wildman–Crippen MR) is 83.0 cm³/mol. The highest BCUT2D eigenvalue weighted by Gasteiger charge is 2.49. The lowest BCUT2D eigenvalue weighted by molar-refractivity contribution is -0.144. The maximum atomic E-state index is 13.5. The third kappa shape index (κ3) is 3.17. The summed E-state index contributed by atoms with van der Waals surface area (Å²) in [6.07, 6.45) is 2.76. The van der Waals surface area contributed by atoms with Crippen LogP contribution in [-0.2, 0) is 21.5 Å². The number of ether oxygens (including phenoxy) is 1. The number of fused-ring (bicyclic) bond motifs is 2. The summed E-state index contributed by atoms with van der Waals surface area (Å²) in [4.78, 5) is 14.0. The van der Waals surface area contributed by atoms with E-state index in [4.69, 9.17) is 4.74 Å². The van der Waals surface area contributed by atoms with Crippen LogP contribution in [-0.4, -0.2) is 30.6 Å². The molecule has 0 saturated heterocycles. The van der Waals surface area contributed by atoms with Crippen molar-refractivity contribution < 1.29 is 13.9 Å². The van der Waals surface area contributed by atoms with Gasteiger partial charge in [0.1, 0.15) is 5.82 Å². The molecule has 4 heteroatoms. The second kappa shape index (κ2) is 5.99. The standard InChI is InChI=1S/C18H24FNO2/c1-3-22-17(21)8-13(2)10-20-11-14-4-5-15(19)9-16(14)18(12-20)6-7-18/h4-5,9,13H,3,6-8,10-12H2,1-2H3. The molecule has 1 fully saturated rings. The topological polar surface area (TPSA) is 29.5 Å². The third-order valence-corrected chi connectivity index (χ3v) is 4.81. The molecule has 1 unspecified atom stereocenters. The first-order chi connectivity index (χ1) is 10.5. The molecule has 3 rings (SSSR count). The first kappa shape index (κ1) is 15.5. The molecule has 3 nitrogen and oxygen atoms in total. The van der Waals surface area contributed by atoms with Crippen LogP contribution in [0.1, 0.15) is 44.2 Å². The van der Waals surface area contributed by atoms with E-state index in [2.05, 4.69) is 11.8 Å². The van der Waals surface area contributed by atoms with Crippen LogP contribution < -0.4 is 0 Å². The van der Waals surface area contributed by atoms with E-state index in [0.29, 0.717) is 13.0 Å². The molecule has 0 radical (unpaired) electrons. The Morgan fingerprint density at radius 3 is 2.91 bits per heavy atom. The van der Waals surface area contributed by atoms with Crippen molar-refractivity contribution in [2.24, 2.45) is 5.92 Å². The van der Waals surface area contributed by atoms with Crippen molar-refractivity contribution in [1.29, 1.82) is 0 Å². The Labute approximate surface area is 131 Å². The fourth-order valence-electron chi connectivity index (χ4n) is 3.71. The Balaban J connectivity index is 1.65. The molecule has 0 bridgehead atoms. The monoisotopic (exact) mass is 305 g/mol. The zero-order valence-electron chi connectivity index (χ0n) is 13.4. The SMILES string of the molecule is CCOC(=O)CC(C)CN1Cc2ccc(F)cc2C2(CC2)C1. The van der Waals surface area contributed by atoms with E-state index >= 15 is 0 Å². The molecule has 0 aromatic heterocycles. The van der Waals surface area contributed by atoms with Crippen LogP contribution in [0, 0.1) is 11.7 Å². The van der Waals surface area contributed by atoms with Gasteiger partial charge in [0.2, 0.25) is 0 Å². The van der Waals surface area contributed by atoms with Gasteiger partial charge in [-0.05, 0) is 48.9 Å². The normalized spacial score (nSPS) is 20.5. The van der Waals surface area contributed by atoms with Gasteiger partial charge in [-0.3, -0.25) is 9.69 Å². The molecule has 1 atom stereocenters. The lowest BCUT2D eigenvalue weighted by Crippen LogP contribution is -2.40.